The molecule has 108 valence electrons. The fourth-order valence-electron chi connectivity index (χ4n) is 3.29. The van der Waals surface area contributed by atoms with Crippen LogP contribution in [-0.4, -0.2) is 52.4 Å². The zero-order valence-electron chi connectivity index (χ0n) is 12.0. The Kier molecular flexibility index (Phi) is 3.72. The molecule has 1 aromatic heterocycles. The van der Waals surface area contributed by atoms with Gasteiger partial charge in [0.05, 0.1) is 0 Å². The van der Waals surface area contributed by atoms with E-state index in [4.69, 9.17) is 5.73 Å². The third-order valence-electron chi connectivity index (χ3n) is 4.48. The predicted octanol–water partition coefficient (Wildman–Crippen LogP) is 0.849. The van der Waals surface area contributed by atoms with Crippen LogP contribution >= 0.6 is 0 Å². The second-order valence-corrected chi connectivity index (χ2v) is 5.85. The number of piperazine rings is 1. The molecular formula is C15H22N4O. The molecule has 0 aromatic carbocycles. The number of rotatable bonds is 2. The van der Waals surface area contributed by atoms with Gasteiger partial charge in [-0.3, -0.25) is 14.7 Å². The summed E-state index contributed by atoms with van der Waals surface area (Å²) in [5.41, 5.74) is 7.04. The van der Waals surface area contributed by atoms with E-state index < -0.39 is 0 Å². The van der Waals surface area contributed by atoms with E-state index in [9.17, 15) is 4.79 Å². The van der Waals surface area contributed by atoms with Crippen molar-refractivity contribution in [1.29, 1.82) is 0 Å². The number of pyridine rings is 1. The molecule has 5 heteroatoms. The zero-order chi connectivity index (χ0) is 14.1. The molecule has 2 unspecified atom stereocenters. The third kappa shape index (κ3) is 2.43. The van der Waals surface area contributed by atoms with Crippen LogP contribution in [0.25, 0.3) is 0 Å². The molecule has 3 rings (SSSR count). The lowest BCUT2D eigenvalue weighted by atomic mass is 10.1. The number of aromatic nitrogens is 1. The van der Waals surface area contributed by atoms with Crippen molar-refractivity contribution in [3.63, 3.8) is 0 Å². The van der Waals surface area contributed by atoms with Gasteiger partial charge in [0.1, 0.15) is 5.69 Å². The molecule has 2 aliphatic heterocycles. The Labute approximate surface area is 119 Å². The zero-order valence-corrected chi connectivity index (χ0v) is 12.0. The summed E-state index contributed by atoms with van der Waals surface area (Å²) in [5.74, 6) is 0.0487. The summed E-state index contributed by atoms with van der Waals surface area (Å²) in [6.45, 7) is 5.58. The Morgan fingerprint density at radius 1 is 1.45 bits per heavy atom. The van der Waals surface area contributed by atoms with Crippen LogP contribution in [0.4, 0.5) is 0 Å². The highest BCUT2D eigenvalue weighted by Crippen LogP contribution is 2.25. The van der Waals surface area contributed by atoms with Crippen molar-refractivity contribution in [2.24, 2.45) is 5.73 Å². The molecule has 0 saturated carbocycles. The molecule has 1 aromatic rings. The van der Waals surface area contributed by atoms with E-state index in [0.717, 1.165) is 18.7 Å². The lowest BCUT2D eigenvalue weighted by molar-refractivity contribution is 0.0390. The quantitative estimate of drug-likeness (QED) is 0.868. The molecule has 2 fully saturated rings. The van der Waals surface area contributed by atoms with E-state index in [1.165, 1.54) is 19.4 Å². The second kappa shape index (κ2) is 5.50. The van der Waals surface area contributed by atoms with Crippen LogP contribution in [0.3, 0.4) is 0 Å². The van der Waals surface area contributed by atoms with E-state index in [1.54, 1.807) is 12.3 Å². The van der Waals surface area contributed by atoms with Gasteiger partial charge in [0, 0.05) is 37.9 Å². The molecule has 2 atom stereocenters. The SMILES string of the molecule is CC1CN2CCCC2CN1C(=O)c1ccc(CN)cn1. The van der Waals surface area contributed by atoms with Crippen molar-refractivity contribution in [2.75, 3.05) is 19.6 Å². The molecule has 20 heavy (non-hydrogen) atoms. The van der Waals surface area contributed by atoms with Crippen LogP contribution in [0.5, 0.6) is 0 Å². The summed E-state index contributed by atoms with van der Waals surface area (Å²) in [7, 11) is 0. The van der Waals surface area contributed by atoms with E-state index in [2.05, 4.69) is 16.8 Å². The van der Waals surface area contributed by atoms with Gasteiger partial charge in [0.25, 0.3) is 5.91 Å². The minimum Gasteiger partial charge on any atom is -0.332 e. The molecule has 2 aliphatic rings. The maximum atomic E-state index is 12.6. The van der Waals surface area contributed by atoms with Gasteiger partial charge in [0.2, 0.25) is 0 Å². The van der Waals surface area contributed by atoms with Crippen molar-refractivity contribution in [2.45, 2.75) is 38.4 Å². The monoisotopic (exact) mass is 274 g/mol. The van der Waals surface area contributed by atoms with Gasteiger partial charge < -0.3 is 10.6 Å². The van der Waals surface area contributed by atoms with E-state index in [-0.39, 0.29) is 11.9 Å². The number of nitrogens with zero attached hydrogens (tertiary/aromatic N) is 3. The predicted molar refractivity (Wildman–Crippen MR) is 77.2 cm³/mol. The molecule has 3 heterocycles. The van der Waals surface area contributed by atoms with Crippen LogP contribution in [0.2, 0.25) is 0 Å². The highest BCUT2D eigenvalue weighted by molar-refractivity contribution is 5.92. The third-order valence-corrected chi connectivity index (χ3v) is 4.48. The molecule has 0 aliphatic carbocycles. The maximum Gasteiger partial charge on any atom is 0.272 e. The van der Waals surface area contributed by atoms with Crippen LogP contribution in [0, 0.1) is 0 Å². The van der Waals surface area contributed by atoms with Crippen molar-refractivity contribution in [3.05, 3.63) is 29.6 Å². The first kappa shape index (κ1) is 13.5. The summed E-state index contributed by atoms with van der Waals surface area (Å²) < 4.78 is 0. The number of amides is 1. The van der Waals surface area contributed by atoms with Gasteiger partial charge >= 0.3 is 0 Å². The number of hydrogen-bond donors (Lipinski definition) is 1. The first-order chi connectivity index (χ1) is 9.69. The largest absolute Gasteiger partial charge is 0.332 e. The Balaban J connectivity index is 1.75. The summed E-state index contributed by atoms with van der Waals surface area (Å²) in [6, 6.07) is 4.47. The average molecular weight is 274 g/mol. The molecule has 0 radical (unpaired) electrons. The van der Waals surface area contributed by atoms with Gasteiger partial charge in [-0.1, -0.05) is 6.07 Å². The molecule has 0 bridgehead atoms. The highest BCUT2D eigenvalue weighted by Gasteiger charge is 2.36. The van der Waals surface area contributed by atoms with Crippen LogP contribution in [0.15, 0.2) is 18.3 Å². The molecule has 2 N–H and O–H groups in total. The maximum absolute atomic E-state index is 12.6. The van der Waals surface area contributed by atoms with Gasteiger partial charge in [-0.05, 0) is 37.9 Å². The number of hydrogen-bond acceptors (Lipinski definition) is 4. The highest BCUT2D eigenvalue weighted by atomic mass is 16.2. The van der Waals surface area contributed by atoms with Gasteiger partial charge in [-0.15, -0.1) is 0 Å². The van der Waals surface area contributed by atoms with Crippen LogP contribution in [-0.2, 0) is 6.54 Å². The lowest BCUT2D eigenvalue weighted by Crippen LogP contribution is -2.56. The summed E-state index contributed by atoms with van der Waals surface area (Å²) >= 11 is 0. The molecule has 0 spiro atoms. The van der Waals surface area contributed by atoms with E-state index in [0.29, 0.717) is 18.3 Å². The Bertz CT molecular complexity index is 487. The van der Waals surface area contributed by atoms with E-state index >= 15 is 0 Å². The van der Waals surface area contributed by atoms with Gasteiger partial charge in [-0.2, -0.15) is 0 Å². The Morgan fingerprint density at radius 2 is 2.30 bits per heavy atom. The number of carbonyl (C=O) groups is 1. The smallest absolute Gasteiger partial charge is 0.272 e. The summed E-state index contributed by atoms with van der Waals surface area (Å²) in [5, 5.41) is 0. The fraction of sp³-hybridized carbons (Fsp3) is 0.600. The topological polar surface area (TPSA) is 62.5 Å². The molecule has 1 amide bonds. The normalized spacial score (nSPS) is 26.6. The number of fused-ring (bicyclic) bond motifs is 1. The van der Waals surface area contributed by atoms with Gasteiger partial charge in [0.15, 0.2) is 0 Å². The fourth-order valence-corrected chi connectivity index (χ4v) is 3.29. The first-order valence-electron chi connectivity index (χ1n) is 7.39. The van der Waals surface area contributed by atoms with Crippen molar-refractivity contribution >= 4 is 5.91 Å². The van der Waals surface area contributed by atoms with Crippen LogP contribution < -0.4 is 5.73 Å². The van der Waals surface area contributed by atoms with Gasteiger partial charge in [-0.25, -0.2) is 0 Å². The summed E-state index contributed by atoms with van der Waals surface area (Å²) in [4.78, 5) is 21.4. The molecule has 2 saturated heterocycles. The lowest BCUT2D eigenvalue weighted by Gasteiger charge is -2.42. The first-order valence-corrected chi connectivity index (χ1v) is 7.39. The molecular weight excluding hydrogens is 252 g/mol. The Hall–Kier alpha value is -1.46. The Morgan fingerprint density at radius 3 is 3.00 bits per heavy atom. The number of carbonyl (C=O) groups excluding carboxylic acids is 1. The van der Waals surface area contributed by atoms with Crippen molar-refractivity contribution < 1.29 is 4.79 Å². The van der Waals surface area contributed by atoms with Crippen molar-refractivity contribution in [1.82, 2.24) is 14.8 Å². The minimum atomic E-state index is 0.0487. The van der Waals surface area contributed by atoms with E-state index in [1.807, 2.05) is 11.0 Å². The molecule has 5 nitrogen and oxygen atoms in total. The average Bonchev–Trinajstić information content (AvgIpc) is 2.93. The van der Waals surface area contributed by atoms with Crippen molar-refractivity contribution in [3.8, 4) is 0 Å². The second-order valence-electron chi connectivity index (χ2n) is 5.85. The standard InChI is InChI=1S/C15H22N4O/c1-11-9-18-6-2-3-13(18)10-19(11)15(20)14-5-4-12(7-16)8-17-14/h4-5,8,11,13H,2-3,6-7,9-10,16H2,1H3. The number of nitrogens with two attached hydrogens (primary N) is 1. The minimum absolute atomic E-state index is 0.0487. The summed E-state index contributed by atoms with van der Waals surface area (Å²) in [6.07, 6.45) is 4.16. The van der Waals surface area contributed by atoms with Crippen LogP contribution in [0.1, 0.15) is 35.8 Å².